The maximum Gasteiger partial charge on any atom is 0.221 e. The van der Waals surface area contributed by atoms with Gasteiger partial charge in [-0.15, -0.1) is 0 Å². The van der Waals surface area contributed by atoms with Gasteiger partial charge in [0.25, 0.3) is 0 Å². The van der Waals surface area contributed by atoms with Gasteiger partial charge in [0.15, 0.2) is 5.12 Å². The van der Waals surface area contributed by atoms with Gasteiger partial charge in [-0.25, -0.2) is 4.39 Å². The average Bonchev–Trinajstić information content (AvgIpc) is 2.86. The lowest BCUT2D eigenvalue weighted by molar-refractivity contribution is -0.148. The molecule has 3 fully saturated rings. The van der Waals surface area contributed by atoms with Crippen molar-refractivity contribution in [3.05, 3.63) is 11.6 Å². The number of alkyl halides is 1. The Balaban J connectivity index is 1.72. The fraction of sp³-hybridized carbons (Fsp3) is 0.773. The van der Waals surface area contributed by atoms with Crippen LogP contribution in [0.2, 0.25) is 0 Å². The monoisotopic (exact) mass is 408 g/mol. The lowest BCUT2D eigenvalue weighted by atomic mass is 9.46. The van der Waals surface area contributed by atoms with Gasteiger partial charge in [-0.05, 0) is 60.8 Å². The van der Waals surface area contributed by atoms with E-state index in [4.69, 9.17) is 0 Å². The Morgan fingerprint density at radius 1 is 1.36 bits per heavy atom. The van der Waals surface area contributed by atoms with Crippen LogP contribution < -0.4 is 0 Å². The molecule has 0 saturated heterocycles. The van der Waals surface area contributed by atoms with Crippen molar-refractivity contribution < 1.29 is 23.9 Å². The number of ketones is 2. The maximum atomic E-state index is 12.8. The zero-order valence-corrected chi connectivity index (χ0v) is 17.6. The lowest BCUT2D eigenvalue weighted by Gasteiger charge is -2.59. The number of Topliss-reactive ketones (excluding diaryl/α,β-unsaturated/α-hetero) is 1. The second-order valence-corrected chi connectivity index (χ2v) is 10.8. The highest BCUT2D eigenvalue weighted by Gasteiger charge is 2.65. The number of fused-ring (bicyclic) bond motifs is 5. The first-order valence-corrected chi connectivity index (χ1v) is 11.3. The van der Waals surface area contributed by atoms with Crippen molar-refractivity contribution in [2.45, 2.75) is 59.0 Å². The van der Waals surface area contributed by atoms with E-state index in [1.54, 1.807) is 0 Å². The second kappa shape index (κ2) is 6.76. The number of allylic oxidation sites excluding steroid dienone is 1. The molecule has 6 heteroatoms. The minimum absolute atomic E-state index is 0.0718. The molecule has 0 aliphatic heterocycles. The van der Waals surface area contributed by atoms with E-state index in [-0.39, 0.29) is 52.3 Å². The summed E-state index contributed by atoms with van der Waals surface area (Å²) in [6.07, 6.45) is 4.10. The molecule has 0 aromatic carbocycles. The van der Waals surface area contributed by atoms with E-state index >= 15 is 0 Å². The molecule has 0 radical (unpaired) electrons. The minimum Gasteiger partial charge on any atom is -0.393 e. The molecule has 1 N–H and O–H groups in total. The summed E-state index contributed by atoms with van der Waals surface area (Å²) in [5.41, 5.74) is 0.187. The van der Waals surface area contributed by atoms with Crippen molar-refractivity contribution in [2.24, 2.45) is 40.4 Å². The molecule has 2 unspecified atom stereocenters. The van der Waals surface area contributed by atoms with Gasteiger partial charge in [0.05, 0.1) is 6.10 Å². The molecule has 8 atom stereocenters. The molecule has 0 aromatic heterocycles. The number of hydrogen-bond donors (Lipinski definition) is 1. The number of aliphatic hydroxyl groups is 1. The SMILES string of the molecule is C[C@@H]1C[C@H]2[C@@H]3CCC4=CC(=O)C(=O)C[C@]4(C)[C@H]3C(O)C[C@]2(C)C1C(=O)SCF. The third-order valence-electron chi connectivity index (χ3n) is 8.57. The van der Waals surface area contributed by atoms with Crippen molar-refractivity contribution in [1.82, 2.24) is 0 Å². The number of rotatable bonds is 2. The van der Waals surface area contributed by atoms with Crippen LogP contribution in [0.4, 0.5) is 4.39 Å². The molecular formula is C22H29FO4S. The maximum absolute atomic E-state index is 12.8. The summed E-state index contributed by atoms with van der Waals surface area (Å²) < 4.78 is 12.8. The van der Waals surface area contributed by atoms with Gasteiger partial charge in [0, 0.05) is 17.8 Å². The molecule has 28 heavy (non-hydrogen) atoms. The van der Waals surface area contributed by atoms with E-state index in [2.05, 4.69) is 13.8 Å². The van der Waals surface area contributed by atoms with Crippen molar-refractivity contribution in [2.75, 3.05) is 6.01 Å². The highest BCUT2D eigenvalue weighted by molar-refractivity contribution is 8.13. The minimum atomic E-state index is -0.709. The highest BCUT2D eigenvalue weighted by atomic mass is 32.2. The largest absolute Gasteiger partial charge is 0.393 e. The zero-order valence-electron chi connectivity index (χ0n) is 16.7. The van der Waals surface area contributed by atoms with Crippen molar-refractivity contribution >= 4 is 28.4 Å². The Bertz CT molecular complexity index is 764. The molecule has 4 aliphatic rings. The Hall–Kier alpha value is -1.01. The standard InChI is InChI=1S/C22H29FO4S/c1-11-6-14-13-5-4-12-7-15(24)16(25)8-21(12,2)19(13)17(26)9-22(14,3)18(11)20(27)28-10-23/h7,11,13-14,17-19,26H,4-6,8-10H2,1-3H3/t11-,13+,14+,17?,18?,19-,21+,22+/m1/s1. The molecule has 0 heterocycles. The number of carbonyl (C=O) groups excluding carboxylic acids is 3. The van der Waals surface area contributed by atoms with E-state index in [9.17, 15) is 23.9 Å². The lowest BCUT2D eigenvalue weighted by Crippen LogP contribution is -2.57. The van der Waals surface area contributed by atoms with Crippen LogP contribution in [0.5, 0.6) is 0 Å². The average molecular weight is 409 g/mol. The first-order chi connectivity index (χ1) is 13.1. The first-order valence-electron chi connectivity index (χ1n) is 10.3. The van der Waals surface area contributed by atoms with Gasteiger partial charge < -0.3 is 5.11 Å². The summed E-state index contributed by atoms with van der Waals surface area (Å²) in [5, 5.41) is 11.2. The normalized spacial score (nSPS) is 47.8. The van der Waals surface area contributed by atoms with Gasteiger partial charge >= 0.3 is 0 Å². The van der Waals surface area contributed by atoms with Crippen LogP contribution in [0.1, 0.15) is 52.9 Å². The summed E-state index contributed by atoms with van der Waals surface area (Å²) in [4.78, 5) is 36.9. The zero-order chi connectivity index (χ0) is 20.4. The van der Waals surface area contributed by atoms with Gasteiger partial charge in [0.2, 0.25) is 11.6 Å². The van der Waals surface area contributed by atoms with Gasteiger partial charge in [-0.1, -0.05) is 38.1 Å². The van der Waals surface area contributed by atoms with Crippen LogP contribution >= 0.6 is 11.8 Å². The number of carbonyl (C=O) groups is 3. The van der Waals surface area contributed by atoms with Gasteiger partial charge in [0.1, 0.15) is 6.01 Å². The molecule has 0 bridgehead atoms. The van der Waals surface area contributed by atoms with Crippen LogP contribution in [-0.2, 0) is 14.4 Å². The Morgan fingerprint density at radius 2 is 2.07 bits per heavy atom. The number of hydrogen-bond acceptors (Lipinski definition) is 5. The quantitative estimate of drug-likeness (QED) is 0.705. The fourth-order valence-electron chi connectivity index (χ4n) is 7.61. The molecule has 3 saturated carbocycles. The molecule has 4 rings (SSSR count). The predicted molar refractivity (Wildman–Crippen MR) is 105 cm³/mol. The van der Waals surface area contributed by atoms with Gasteiger partial charge in [-0.3, -0.25) is 14.4 Å². The molecule has 4 nitrogen and oxygen atoms in total. The number of thioether (sulfide) groups is 1. The molecule has 4 aliphatic carbocycles. The van der Waals surface area contributed by atoms with Crippen molar-refractivity contribution in [1.29, 1.82) is 0 Å². The molecule has 154 valence electrons. The number of aliphatic hydroxyl groups excluding tert-OH is 1. The van der Waals surface area contributed by atoms with E-state index in [0.29, 0.717) is 6.42 Å². The third-order valence-corrected chi connectivity index (χ3v) is 9.22. The smallest absolute Gasteiger partial charge is 0.221 e. The summed E-state index contributed by atoms with van der Waals surface area (Å²) in [7, 11) is 0. The highest BCUT2D eigenvalue weighted by Crippen LogP contribution is 2.67. The van der Waals surface area contributed by atoms with E-state index in [1.165, 1.54) is 6.08 Å². The second-order valence-electron chi connectivity index (χ2n) is 9.93. The third kappa shape index (κ3) is 2.70. The van der Waals surface area contributed by atoms with Crippen molar-refractivity contribution in [3.8, 4) is 0 Å². The summed E-state index contributed by atoms with van der Waals surface area (Å²) in [5.74, 6) is -0.440. The summed E-state index contributed by atoms with van der Waals surface area (Å²) in [6, 6.07) is -0.709. The van der Waals surface area contributed by atoms with Crippen LogP contribution in [0.15, 0.2) is 11.6 Å². The van der Waals surface area contributed by atoms with Crippen molar-refractivity contribution in [3.63, 3.8) is 0 Å². The van der Waals surface area contributed by atoms with E-state index in [1.807, 2.05) is 6.92 Å². The first kappa shape index (κ1) is 20.3. The molecule has 0 spiro atoms. The van der Waals surface area contributed by atoms with Gasteiger partial charge in [-0.2, -0.15) is 0 Å². The van der Waals surface area contributed by atoms with Crippen LogP contribution in [0.3, 0.4) is 0 Å². The topological polar surface area (TPSA) is 71.4 Å². The molecule has 0 amide bonds. The summed E-state index contributed by atoms with van der Waals surface area (Å²) >= 11 is 0.757. The Morgan fingerprint density at radius 3 is 2.75 bits per heavy atom. The van der Waals surface area contributed by atoms with Crippen LogP contribution in [0.25, 0.3) is 0 Å². The molecular weight excluding hydrogens is 379 g/mol. The Kier molecular flexibility index (Phi) is 4.90. The fourth-order valence-corrected chi connectivity index (χ4v) is 8.40. The number of halogens is 1. The van der Waals surface area contributed by atoms with Crippen LogP contribution in [-0.4, -0.2) is 33.9 Å². The Labute approximate surface area is 169 Å². The van der Waals surface area contributed by atoms with Crippen LogP contribution in [0, 0.1) is 40.4 Å². The van der Waals surface area contributed by atoms with E-state index < -0.39 is 23.3 Å². The summed E-state index contributed by atoms with van der Waals surface area (Å²) in [6.45, 7) is 6.21. The van der Waals surface area contributed by atoms with E-state index in [0.717, 1.165) is 36.6 Å². The molecule has 0 aromatic rings. The predicted octanol–water partition coefficient (Wildman–Crippen LogP) is 3.72.